The number of hydrogen-bond acceptors (Lipinski definition) is 2. The van der Waals surface area contributed by atoms with Crippen molar-refractivity contribution in [3.8, 4) is 0 Å². The third kappa shape index (κ3) is 4.71. The molecule has 1 saturated carbocycles. The maximum absolute atomic E-state index is 13.8. The minimum Gasteiger partial charge on any atom is -0.375 e. The summed E-state index contributed by atoms with van der Waals surface area (Å²) >= 11 is 0. The molecule has 0 radical (unpaired) electrons. The number of hydrogen-bond donors (Lipinski definition) is 1. The van der Waals surface area contributed by atoms with Crippen molar-refractivity contribution in [3.05, 3.63) is 35.6 Å². The van der Waals surface area contributed by atoms with Gasteiger partial charge in [-0.25, -0.2) is 8.78 Å². The molecule has 2 N–H and O–H groups in total. The van der Waals surface area contributed by atoms with Gasteiger partial charge in [-0.15, -0.1) is 12.4 Å². The highest BCUT2D eigenvalue weighted by molar-refractivity contribution is 5.85. The van der Waals surface area contributed by atoms with E-state index in [9.17, 15) is 8.78 Å². The van der Waals surface area contributed by atoms with Crippen LogP contribution in [-0.4, -0.2) is 18.8 Å². The third-order valence-corrected chi connectivity index (χ3v) is 3.44. The van der Waals surface area contributed by atoms with E-state index in [2.05, 4.69) is 0 Å². The Labute approximate surface area is 118 Å². The zero-order valence-electron chi connectivity index (χ0n) is 10.7. The molecular weight excluding hydrogens is 272 g/mol. The van der Waals surface area contributed by atoms with E-state index in [4.69, 9.17) is 10.5 Å². The Morgan fingerprint density at radius 2 is 1.84 bits per heavy atom. The van der Waals surface area contributed by atoms with Crippen LogP contribution in [0.3, 0.4) is 0 Å². The summed E-state index contributed by atoms with van der Waals surface area (Å²) in [4.78, 5) is 0. The molecule has 1 atom stereocenters. The Morgan fingerprint density at radius 3 is 2.47 bits per heavy atom. The van der Waals surface area contributed by atoms with E-state index in [0.717, 1.165) is 25.7 Å². The van der Waals surface area contributed by atoms with Gasteiger partial charge in [0.2, 0.25) is 0 Å². The van der Waals surface area contributed by atoms with E-state index in [0.29, 0.717) is 0 Å². The lowest BCUT2D eigenvalue weighted by Gasteiger charge is -2.26. The second-order valence-corrected chi connectivity index (χ2v) is 4.86. The van der Waals surface area contributed by atoms with Crippen LogP contribution in [0.15, 0.2) is 24.3 Å². The van der Waals surface area contributed by atoms with Crippen LogP contribution in [-0.2, 0) is 4.74 Å². The SMILES string of the molecule is Cl.N[C@H]1CC[C@H](OCC(F)c2ccccc2F)CC1. The number of halogens is 3. The zero-order chi connectivity index (χ0) is 13.0. The molecule has 1 aliphatic carbocycles. The van der Waals surface area contributed by atoms with Crippen molar-refractivity contribution in [2.24, 2.45) is 5.73 Å². The lowest BCUT2D eigenvalue weighted by molar-refractivity contribution is -0.00404. The van der Waals surface area contributed by atoms with Crippen molar-refractivity contribution >= 4 is 12.4 Å². The quantitative estimate of drug-likeness (QED) is 0.921. The Hall–Kier alpha value is -0.710. The van der Waals surface area contributed by atoms with Gasteiger partial charge in [0.1, 0.15) is 5.82 Å². The summed E-state index contributed by atoms with van der Waals surface area (Å²) in [7, 11) is 0. The first-order chi connectivity index (χ1) is 8.66. The van der Waals surface area contributed by atoms with Gasteiger partial charge in [0.25, 0.3) is 0 Å². The molecule has 108 valence electrons. The van der Waals surface area contributed by atoms with E-state index >= 15 is 0 Å². The highest BCUT2D eigenvalue weighted by Crippen LogP contribution is 2.24. The summed E-state index contributed by atoms with van der Waals surface area (Å²) in [5, 5.41) is 0. The molecule has 1 aromatic carbocycles. The molecule has 2 rings (SSSR count). The van der Waals surface area contributed by atoms with Crippen LogP contribution in [0.25, 0.3) is 0 Å². The van der Waals surface area contributed by atoms with E-state index in [1.165, 1.54) is 12.1 Å². The molecule has 0 bridgehead atoms. The fourth-order valence-electron chi connectivity index (χ4n) is 2.29. The third-order valence-electron chi connectivity index (χ3n) is 3.44. The van der Waals surface area contributed by atoms with Crippen LogP contribution < -0.4 is 5.73 Å². The fraction of sp³-hybridized carbons (Fsp3) is 0.571. The molecular formula is C14H20ClF2NO. The van der Waals surface area contributed by atoms with Gasteiger partial charge in [-0.1, -0.05) is 18.2 Å². The molecule has 0 heterocycles. The van der Waals surface area contributed by atoms with Crippen LogP contribution in [0.1, 0.15) is 37.4 Å². The maximum atomic E-state index is 13.8. The highest BCUT2D eigenvalue weighted by Gasteiger charge is 2.21. The van der Waals surface area contributed by atoms with Crippen molar-refractivity contribution in [1.29, 1.82) is 0 Å². The van der Waals surface area contributed by atoms with Gasteiger partial charge in [0.05, 0.1) is 12.7 Å². The Balaban J connectivity index is 0.00000180. The lowest BCUT2D eigenvalue weighted by atomic mass is 9.94. The zero-order valence-corrected chi connectivity index (χ0v) is 11.5. The topological polar surface area (TPSA) is 35.2 Å². The predicted molar refractivity (Wildman–Crippen MR) is 73.7 cm³/mol. The summed E-state index contributed by atoms with van der Waals surface area (Å²) in [6.07, 6.45) is 2.23. The predicted octanol–water partition coefficient (Wildman–Crippen LogP) is 3.54. The molecule has 19 heavy (non-hydrogen) atoms. The molecule has 2 nitrogen and oxygen atoms in total. The van der Waals surface area contributed by atoms with Crippen molar-refractivity contribution in [3.63, 3.8) is 0 Å². The number of ether oxygens (including phenoxy) is 1. The number of nitrogens with two attached hydrogens (primary N) is 1. The number of benzene rings is 1. The molecule has 0 aliphatic heterocycles. The minimum atomic E-state index is -1.40. The van der Waals surface area contributed by atoms with E-state index in [-0.39, 0.29) is 36.7 Å². The minimum absolute atomic E-state index is 0. The Morgan fingerprint density at radius 1 is 1.21 bits per heavy atom. The van der Waals surface area contributed by atoms with Crippen LogP contribution >= 0.6 is 12.4 Å². The first-order valence-corrected chi connectivity index (χ1v) is 6.42. The van der Waals surface area contributed by atoms with Gasteiger partial charge in [-0.05, 0) is 31.7 Å². The van der Waals surface area contributed by atoms with E-state index < -0.39 is 12.0 Å². The van der Waals surface area contributed by atoms with Gasteiger partial charge in [0, 0.05) is 11.6 Å². The molecule has 1 fully saturated rings. The molecule has 1 unspecified atom stereocenters. The molecule has 0 aromatic heterocycles. The summed E-state index contributed by atoms with van der Waals surface area (Å²) in [6.45, 7) is -0.0825. The first kappa shape index (κ1) is 16.3. The smallest absolute Gasteiger partial charge is 0.151 e. The van der Waals surface area contributed by atoms with E-state index in [1.807, 2.05) is 0 Å². The van der Waals surface area contributed by atoms with Crippen molar-refractivity contribution < 1.29 is 13.5 Å². The molecule has 1 aliphatic rings. The Bertz CT molecular complexity index is 383. The van der Waals surface area contributed by atoms with Gasteiger partial charge in [-0.2, -0.15) is 0 Å². The summed E-state index contributed by atoms with van der Waals surface area (Å²) in [6, 6.07) is 6.15. The molecule has 1 aromatic rings. The van der Waals surface area contributed by atoms with Gasteiger partial charge >= 0.3 is 0 Å². The highest BCUT2D eigenvalue weighted by atomic mass is 35.5. The second-order valence-electron chi connectivity index (χ2n) is 4.86. The van der Waals surface area contributed by atoms with Crippen LogP contribution in [0.5, 0.6) is 0 Å². The average Bonchev–Trinajstić information content (AvgIpc) is 2.38. The lowest BCUT2D eigenvalue weighted by Crippen LogP contribution is -2.30. The van der Waals surface area contributed by atoms with Crippen LogP contribution in [0.4, 0.5) is 8.78 Å². The van der Waals surface area contributed by atoms with Crippen molar-refractivity contribution in [2.75, 3.05) is 6.61 Å². The fourth-order valence-corrected chi connectivity index (χ4v) is 2.29. The summed E-state index contributed by atoms with van der Waals surface area (Å²) < 4.78 is 32.7. The second kappa shape index (κ2) is 7.78. The maximum Gasteiger partial charge on any atom is 0.151 e. The van der Waals surface area contributed by atoms with Gasteiger partial charge in [-0.3, -0.25) is 0 Å². The normalized spacial score (nSPS) is 24.6. The Kier molecular flexibility index (Phi) is 6.69. The summed E-state index contributed by atoms with van der Waals surface area (Å²) in [5.74, 6) is -0.515. The first-order valence-electron chi connectivity index (χ1n) is 6.42. The monoisotopic (exact) mass is 291 g/mol. The standard InChI is InChI=1S/C14H19F2NO.ClH/c15-13-4-2-1-3-12(13)14(16)9-18-11-7-5-10(17)6-8-11;/h1-4,10-11,14H,5-9,17H2;1H/t10-,11-,14?;. The number of rotatable bonds is 4. The van der Waals surface area contributed by atoms with Crippen LogP contribution in [0, 0.1) is 5.82 Å². The van der Waals surface area contributed by atoms with Crippen LogP contribution in [0.2, 0.25) is 0 Å². The molecule has 0 amide bonds. The van der Waals surface area contributed by atoms with Gasteiger partial charge < -0.3 is 10.5 Å². The molecule has 0 spiro atoms. The van der Waals surface area contributed by atoms with Crippen molar-refractivity contribution in [2.45, 2.75) is 44.0 Å². The van der Waals surface area contributed by atoms with Gasteiger partial charge in [0.15, 0.2) is 6.17 Å². The van der Waals surface area contributed by atoms with E-state index in [1.54, 1.807) is 12.1 Å². The molecule has 5 heteroatoms. The van der Waals surface area contributed by atoms with Crippen molar-refractivity contribution in [1.82, 2.24) is 0 Å². The number of alkyl halides is 1. The summed E-state index contributed by atoms with van der Waals surface area (Å²) in [5.41, 5.74) is 5.86. The molecule has 0 saturated heterocycles. The largest absolute Gasteiger partial charge is 0.375 e. The average molecular weight is 292 g/mol.